The molecule has 2 aromatic carbocycles. The van der Waals surface area contributed by atoms with E-state index in [1.54, 1.807) is 0 Å². The van der Waals surface area contributed by atoms with Crippen LogP contribution in [0, 0.1) is 17.5 Å². The van der Waals surface area contributed by atoms with Crippen LogP contribution in [0.3, 0.4) is 0 Å². The highest BCUT2D eigenvalue weighted by Crippen LogP contribution is 2.27. The number of carbonyl (C=O) groups is 2. The zero-order valence-corrected chi connectivity index (χ0v) is 16.4. The fourth-order valence-electron chi connectivity index (χ4n) is 2.81. The minimum absolute atomic E-state index is 0.0472. The molecule has 5 nitrogen and oxygen atoms in total. The first-order chi connectivity index (χ1) is 14.2. The van der Waals surface area contributed by atoms with Gasteiger partial charge in [-0.3, -0.25) is 14.5 Å². The maximum atomic E-state index is 13.6. The molecule has 0 unspecified atom stereocenters. The van der Waals surface area contributed by atoms with Crippen LogP contribution in [0.15, 0.2) is 54.7 Å². The molecule has 9 heteroatoms. The first-order valence-corrected chi connectivity index (χ1v) is 9.07. The highest BCUT2D eigenvalue weighted by molar-refractivity contribution is 6.31. The Morgan fingerprint density at radius 1 is 1.00 bits per heavy atom. The molecule has 3 rings (SSSR count). The van der Waals surface area contributed by atoms with Gasteiger partial charge in [-0.05, 0) is 35.9 Å². The molecule has 0 spiro atoms. The fraction of sp³-hybridized carbons (Fsp3) is 0.0952. The average Bonchev–Trinajstić information content (AvgIpc) is 2.63. The molecule has 0 saturated carbocycles. The van der Waals surface area contributed by atoms with Crippen LogP contribution < -0.4 is 10.2 Å². The SMILES string of the molecule is CC(=O)N(c1cc(F)cc(F)c1)c1cc(NC(=O)Cc2ccc(F)cc2Cl)ccn1. The van der Waals surface area contributed by atoms with Crippen molar-refractivity contribution in [2.24, 2.45) is 0 Å². The van der Waals surface area contributed by atoms with E-state index in [1.165, 1.54) is 37.4 Å². The lowest BCUT2D eigenvalue weighted by molar-refractivity contribution is -0.116. The monoisotopic (exact) mass is 433 g/mol. The molecule has 0 saturated heterocycles. The van der Waals surface area contributed by atoms with Crippen molar-refractivity contribution in [3.05, 3.63) is 82.8 Å². The Kier molecular flexibility index (Phi) is 6.37. The second-order valence-electron chi connectivity index (χ2n) is 6.35. The van der Waals surface area contributed by atoms with Crippen molar-refractivity contribution >= 4 is 40.6 Å². The summed E-state index contributed by atoms with van der Waals surface area (Å²) in [5.41, 5.74) is 0.686. The second-order valence-corrected chi connectivity index (χ2v) is 6.75. The van der Waals surface area contributed by atoms with Gasteiger partial charge in [0, 0.05) is 36.0 Å². The number of hydrogen-bond acceptors (Lipinski definition) is 3. The van der Waals surface area contributed by atoms with Crippen LogP contribution in [0.4, 0.5) is 30.4 Å². The van der Waals surface area contributed by atoms with Gasteiger partial charge in [-0.2, -0.15) is 0 Å². The highest BCUT2D eigenvalue weighted by Gasteiger charge is 2.18. The van der Waals surface area contributed by atoms with Crippen LogP contribution in [0.2, 0.25) is 5.02 Å². The molecule has 1 aromatic heterocycles. The molecule has 0 atom stereocenters. The molecule has 154 valence electrons. The molecular weight excluding hydrogens is 419 g/mol. The Morgan fingerprint density at radius 2 is 1.70 bits per heavy atom. The molecule has 30 heavy (non-hydrogen) atoms. The quantitative estimate of drug-likeness (QED) is 0.614. The predicted molar refractivity (Wildman–Crippen MR) is 107 cm³/mol. The number of hydrogen-bond donors (Lipinski definition) is 1. The van der Waals surface area contributed by atoms with Gasteiger partial charge in [0.2, 0.25) is 11.8 Å². The lowest BCUT2D eigenvalue weighted by Crippen LogP contribution is -2.24. The van der Waals surface area contributed by atoms with E-state index in [0.717, 1.165) is 23.1 Å². The number of pyridine rings is 1. The third-order valence-electron chi connectivity index (χ3n) is 4.04. The minimum atomic E-state index is -0.850. The zero-order chi connectivity index (χ0) is 21.8. The Balaban J connectivity index is 1.83. The number of benzene rings is 2. The van der Waals surface area contributed by atoms with Crippen molar-refractivity contribution in [3.8, 4) is 0 Å². The number of halogens is 4. The number of aromatic nitrogens is 1. The van der Waals surface area contributed by atoms with Gasteiger partial charge in [-0.15, -0.1) is 0 Å². The van der Waals surface area contributed by atoms with Gasteiger partial charge in [0.1, 0.15) is 23.3 Å². The third kappa shape index (κ3) is 5.15. The lowest BCUT2D eigenvalue weighted by atomic mass is 10.1. The summed E-state index contributed by atoms with van der Waals surface area (Å²) in [5.74, 6) is -3.12. The van der Waals surface area contributed by atoms with Crippen molar-refractivity contribution in [3.63, 3.8) is 0 Å². The summed E-state index contributed by atoms with van der Waals surface area (Å²) in [6, 6.07) is 9.26. The molecule has 1 heterocycles. The normalized spacial score (nSPS) is 10.6. The van der Waals surface area contributed by atoms with E-state index in [2.05, 4.69) is 10.3 Å². The summed E-state index contributed by atoms with van der Waals surface area (Å²) in [5, 5.41) is 2.74. The summed E-state index contributed by atoms with van der Waals surface area (Å²) >= 11 is 5.94. The summed E-state index contributed by atoms with van der Waals surface area (Å²) in [6.45, 7) is 1.21. The summed E-state index contributed by atoms with van der Waals surface area (Å²) in [4.78, 5) is 29.5. The van der Waals surface area contributed by atoms with Crippen molar-refractivity contribution in [2.75, 3.05) is 10.2 Å². The van der Waals surface area contributed by atoms with Crippen LogP contribution in [-0.4, -0.2) is 16.8 Å². The molecule has 0 aliphatic heterocycles. The molecule has 2 amide bonds. The number of nitrogens with zero attached hydrogens (tertiary/aromatic N) is 2. The van der Waals surface area contributed by atoms with E-state index >= 15 is 0 Å². The first kappa shape index (κ1) is 21.3. The Labute approximate surface area is 175 Å². The van der Waals surface area contributed by atoms with E-state index in [1.807, 2.05) is 0 Å². The molecule has 0 aliphatic carbocycles. The van der Waals surface area contributed by atoms with Gasteiger partial charge >= 0.3 is 0 Å². The lowest BCUT2D eigenvalue weighted by Gasteiger charge is -2.21. The van der Waals surface area contributed by atoms with Crippen molar-refractivity contribution in [1.29, 1.82) is 0 Å². The topological polar surface area (TPSA) is 62.3 Å². The molecule has 3 aromatic rings. The minimum Gasteiger partial charge on any atom is -0.326 e. The molecule has 1 N–H and O–H groups in total. The highest BCUT2D eigenvalue weighted by atomic mass is 35.5. The second kappa shape index (κ2) is 8.96. The Morgan fingerprint density at radius 3 is 2.33 bits per heavy atom. The number of amides is 2. The molecule has 0 fully saturated rings. The van der Waals surface area contributed by atoms with Gasteiger partial charge in [-0.1, -0.05) is 17.7 Å². The van der Waals surface area contributed by atoms with Crippen LogP contribution in [0.5, 0.6) is 0 Å². The molecule has 0 bridgehead atoms. The number of rotatable bonds is 5. The average molecular weight is 434 g/mol. The smallest absolute Gasteiger partial charge is 0.229 e. The van der Waals surface area contributed by atoms with Gasteiger partial charge in [-0.25, -0.2) is 18.2 Å². The van der Waals surface area contributed by atoms with Gasteiger partial charge < -0.3 is 5.32 Å². The van der Waals surface area contributed by atoms with Crippen LogP contribution >= 0.6 is 11.6 Å². The maximum absolute atomic E-state index is 13.6. The van der Waals surface area contributed by atoms with E-state index in [9.17, 15) is 22.8 Å². The molecule has 0 radical (unpaired) electrons. The summed E-state index contributed by atoms with van der Waals surface area (Å²) < 4.78 is 40.3. The molecule has 0 aliphatic rings. The summed E-state index contributed by atoms with van der Waals surface area (Å²) in [6.07, 6.45) is 1.23. The van der Waals surface area contributed by atoms with Crippen molar-refractivity contribution in [2.45, 2.75) is 13.3 Å². The van der Waals surface area contributed by atoms with Gasteiger partial charge in [0.05, 0.1) is 12.1 Å². The van der Waals surface area contributed by atoms with E-state index in [-0.39, 0.29) is 22.9 Å². The van der Waals surface area contributed by atoms with Crippen LogP contribution in [0.25, 0.3) is 0 Å². The van der Waals surface area contributed by atoms with E-state index in [4.69, 9.17) is 11.6 Å². The van der Waals surface area contributed by atoms with E-state index in [0.29, 0.717) is 17.3 Å². The zero-order valence-electron chi connectivity index (χ0n) is 15.6. The van der Waals surface area contributed by atoms with Gasteiger partial charge in [0.15, 0.2) is 0 Å². The van der Waals surface area contributed by atoms with Crippen molar-refractivity contribution in [1.82, 2.24) is 4.98 Å². The number of carbonyl (C=O) groups excluding carboxylic acids is 2. The van der Waals surface area contributed by atoms with Crippen LogP contribution in [0.1, 0.15) is 12.5 Å². The largest absolute Gasteiger partial charge is 0.326 e. The fourth-order valence-corrected chi connectivity index (χ4v) is 3.04. The van der Waals surface area contributed by atoms with E-state index < -0.39 is 29.3 Å². The standard InChI is InChI=1S/C21H15ClF3N3O2/c1-12(29)28(18-8-15(24)7-16(25)9-18)20-11-17(4-5-26-20)27-21(30)6-13-2-3-14(23)10-19(13)22/h2-5,7-11H,6H2,1H3,(H,26,27,30). The third-order valence-corrected chi connectivity index (χ3v) is 4.40. The number of nitrogens with one attached hydrogen (secondary N) is 1. The summed E-state index contributed by atoms with van der Waals surface area (Å²) in [7, 11) is 0. The maximum Gasteiger partial charge on any atom is 0.229 e. The number of anilines is 3. The Hall–Kier alpha value is -3.39. The molecular formula is C21H15ClF3N3O2. The predicted octanol–water partition coefficient (Wildman–Crippen LogP) is 5.02. The first-order valence-electron chi connectivity index (χ1n) is 8.69. The van der Waals surface area contributed by atoms with Gasteiger partial charge in [0.25, 0.3) is 0 Å². The van der Waals surface area contributed by atoms with Crippen LogP contribution in [-0.2, 0) is 16.0 Å². The Bertz CT molecular complexity index is 1100. The van der Waals surface area contributed by atoms with Crippen molar-refractivity contribution < 1.29 is 22.8 Å².